The van der Waals surface area contributed by atoms with Crippen molar-refractivity contribution >= 4 is 0 Å². The smallest absolute Gasteiger partial charge is 0.00727 e. The third kappa shape index (κ3) is 2.07. The largest absolute Gasteiger partial charge is 0.317 e. The quantitative estimate of drug-likeness (QED) is 0.779. The molecule has 0 heterocycles. The number of rotatable bonds is 2. The van der Waals surface area contributed by atoms with Crippen molar-refractivity contribution in [3.63, 3.8) is 0 Å². The molecule has 2 rings (SSSR count). The molecule has 2 unspecified atom stereocenters. The van der Waals surface area contributed by atoms with Crippen LogP contribution in [0.2, 0.25) is 0 Å². The lowest BCUT2D eigenvalue weighted by atomic mass is 9.80. The number of aryl methyl sites for hydroxylation is 1. The SMILES string of the molecule is CNC1CCC(C)(c2cccc(C)c2)C1. The molecule has 1 nitrogen and oxygen atoms in total. The highest BCUT2D eigenvalue weighted by atomic mass is 14.9. The summed E-state index contributed by atoms with van der Waals surface area (Å²) in [7, 11) is 2.08. The van der Waals surface area contributed by atoms with Gasteiger partial charge in [0.15, 0.2) is 0 Å². The summed E-state index contributed by atoms with van der Waals surface area (Å²) in [6, 6.07) is 9.69. The van der Waals surface area contributed by atoms with Crippen LogP contribution in [0.25, 0.3) is 0 Å². The van der Waals surface area contributed by atoms with Gasteiger partial charge >= 0.3 is 0 Å². The fourth-order valence-electron chi connectivity index (χ4n) is 2.77. The Morgan fingerprint density at radius 2 is 2.20 bits per heavy atom. The standard InChI is InChI=1S/C14H21N/c1-11-5-4-6-12(9-11)14(2)8-7-13(10-14)15-3/h4-6,9,13,15H,7-8,10H2,1-3H3. The van der Waals surface area contributed by atoms with Crippen LogP contribution in [0.1, 0.15) is 37.3 Å². The monoisotopic (exact) mass is 203 g/mol. The second-order valence-electron chi connectivity index (χ2n) is 5.16. The summed E-state index contributed by atoms with van der Waals surface area (Å²) in [5.74, 6) is 0. The van der Waals surface area contributed by atoms with Crippen LogP contribution in [-0.2, 0) is 5.41 Å². The fourth-order valence-corrected chi connectivity index (χ4v) is 2.77. The first-order chi connectivity index (χ1) is 7.14. The maximum atomic E-state index is 3.40. The summed E-state index contributed by atoms with van der Waals surface area (Å²) in [5, 5.41) is 3.40. The molecule has 0 bridgehead atoms. The summed E-state index contributed by atoms with van der Waals surface area (Å²) in [4.78, 5) is 0. The third-order valence-electron chi connectivity index (χ3n) is 3.86. The van der Waals surface area contributed by atoms with Gasteiger partial charge in [0.25, 0.3) is 0 Å². The summed E-state index contributed by atoms with van der Waals surface area (Å²) in [6.07, 6.45) is 3.88. The van der Waals surface area contributed by atoms with E-state index < -0.39 is 0 Å². The summed E-state index contributed by atoms with van der Waals surface area (Å²) >= 11 is 0. The van der Waals surface area contributed by atoms with Gasteiger partial charge in [0.05, 0.1) is 0 Å². The Labute approximate surface area is 92.9 Å². The van der Waals surface area contributed by atoms with Gasteiger partial charge in [0.2, 0.25) is 0 Å². The van der Waals surface area contributed by atoms with Crippen LogP contribution in [0.4, 0.5) is 0 Å². The Morgan fingerprint density at radius 3 is 2.80 bits per heavy atom. The molecule has 1 aromatic rings. The Balaban J connectivity index is 2.23. The summed E-state index contributed by atoms with van der Waals surface area (Å²) in [6.45, 7) is 4.58. The Kier molecular flexibility index (Phi) is 2.83. The van der Waals surface area contributed by atoms with Crippen LogP contribution in [-0.4, -0.2) is 13.1 Å². The van der Waals surface area contributed by atoms with Crippen LogP contribution >= 0.6 is 0 Å². The number of hydrogen-bond donors (Lipinski definition) is 1. The zero-order valence-corrected chi connectivity index (χ0v) is 10.0. The van der Waals surface area contributed by atoms with E-state index in [1.54, 1.807) is 0 Å². The number of benzene rings is 1. The van der Waals surface area contributed by atoms with E-state index in [1.165, 1.54) is 30.4 Å². The molecule has 0 aromatic heterocycles. The van der Waals surface area contributed by atoms with Crippen molar-refractivity contribution in [3.05, 3.63) is 35.4 Å². The molecule has 1 N–H and O–H groups in total. The minimum absolute atomic E-state index is 0.389. The lowest BCUT2D eigenvalue weighted by Gasteiger charge is -2.25. The molecule has 1 saturated carbocycles. The molecular formula is C14H21N. The molecule has 0 aliphatic heterocycles. The van der Waals surface area contributed by atoms with E-state index in [2.05, 4.69) is 50.5 Å². The lowest BCUT2D eigenvalue weighted by Crippen LogP contribution is -2.25. The number of nitrogens with one attached hydrogen (secondary N) is 1. The average molecular weight is 203 g/mol. The average Bonchev–Trinajstić information content (AvgIpc) is 2.62. The van der Waals surface area contributed by atoms with Crippen molar-refractivity contribution in [2.24, 2.45) is 0 Å². The Bertz CT molecular complexity index is 345. The zero-order chi connectivity index (χ0) is 10.9. The van der Waals surface area contributed by atoms with Crippen LogP contribution < -0.4 is 5.32 Å². The molecular weight excluding hydrogens is 182 g/mol. The van der Waals surface area contributed by atoms with Gasteiger partial charge < -0.3 is 5.32 Å². The van der Waals surface area contributed by atoms with Crippen molar-refractivity contribution in [3.8, 4) is 0 Å². The van der Waals surface area contributed by atoms with Crippen LogP contribution in [0, 0.1) is 6.92 Å². The first-order valence-electron chi connectivity index (χ1n) is 5.88. The molecule has 82 valence electrons. The highest BCUT2D eigenvalue weighted by Gasteiger charge is 2.35. The molecule has 2 atom stereocenters. The Morgan fingerprint density at radius 1 is 1.40 bits per heavy atom. The van der Waals surface area contributed by atoms with Crippen molar-refractivity contribution in [1.29, 1.82) is 0 Å². The fraction of sp³-hybridized carbons (Fsp3) is 0.571. The third-order valence-corrected chi connectivity index (χ3v) is 3.86. The zero-order valence-electron chi connectivity index (χ0n) is 10.0. The predicted octanol–water partition coefficient (Wildman–Crippen LogP) is 3.02. The second kappa shape index (κ2) is 3.97. The molecule has 0 saturated heterocycles. The lowest BCUT2D eigenvalue weighted by molar-refractivity contribution is 0.466. The van der Waals surface area contributed by atoms with Crippen molar-refractivity contribution < 1.29 is 0 Å². The molecule has 0 spiro atoms. The van der Waals surface area contributed by atoms with Crippen LogP contribution in [0.3, 0.4) is 0 Å². The van der Waals surface area contributed by atoms with E-state index in [-0.39, 0.29) is 0 Å². The maximum Gasteiger partial charge on any atom is 0.00727 e. The first kappa shape index (κ1) is 10.7. The highest BCUT2D eigenvalue weighted by Crippen LogP contribution is 2.40. The van der Waals surface area contributed by atoms with Crippen molar-refractivity contribution in [1.82, 2.24) is 5.32 Å². The van der Waals surface area contributed by atoms with Crippen molar-refractivity contribution in [2.45, 2.75) is 44.6 Å². The predicted molar refractivity (Wildman–Crippen MR) is 65.2 cm³/mol. The van der Waals surface area contributed by atoms with E-state index in [1.807, 2.05) is 0 Å². The minimum atomic E-state index is 0.389. The number of hydrogen-bond acceptors (Lipinski definition) is 1. The van der Waals surface area contributed by atoms with Crippen LogP contribution in [0.5, 0.6) is 0 Å². The molecule has 1 fully saturated rings. The molecule has 0 radical (unpaired) electrons. The van der Waals surface area contributed by atoms with E-state index in [0.717, 1.165) is 0 Å². The molecule has 1 heteroatoms. The van der Waals surface area contributed by atoms with E-state index in [4.69, 9.17) is 0 Å². The highest BCUT2D eigenvalue weighted by molar-refractivity contribution is 5.30. The first-order valence-corrected chi connectivity index (χ1v) is 5.88. The van der Waals surface area contributed by atoms with E-state index >= 15 is 0 Å². The van der Waals surface area contributed by atoms with E-state index in [9.17, 15) is 0 Å². The second-order valence-corrected chi connectivity index (χ2v) is 5.16. The van der Waals surface area contributed by atoms with Gasteiger partial charge in [0, 0.05) is 6.04 Å². The molecule has 1 aliphatic carbocycles. The van der Waals surface area contributed by atoms with Gasteiger partial charge in [-0.05, 0) is 44.2 Å². The van der Waals surface area contributed by atoms with Gasteiger partial charge in [-0.2, -0.15) is 0 Å². The normalized spacial score (nSPS) is 30.7. The van der Waals surface area contributed by atoms with Crippen LogP contribution in [0.15, 0.2) is 24.3 Å². The van der Waals surface area contributed by atoms with Crippen molar-refractivity contribution in [2.75, 3.05) is 7.05 Å². The topological polar surface area (TPSA) is 12.0 Å². The molecule has 1 aliphatic rings. The van der Waals surface area contributed by atoms with Gasteiger partial charge in [-0.15, -0.1) is 0 Å². The van der Waals surface area contributed by atoms with Gasteiger partial charge in [-0.3, -0.25) is 0 Å². The van der Waals surface area contributed by atoms with Gasteiger partial charge in [-0.1, -0.05) is 36.8 Å². The summed E-state index contributed by atoms with van der Waals surface area (Å²) < 4.78 is 0. The minimum Gasteiger partial charge on any atom is -0.317 e. The van der Waals surface area contributed by atoms with Gasteiger partial charge in [-0.25, -0.2) is 0 Å². The maximum absolute atomic E-state index is 3.40. The molecule has 0 amide bonds. The van der Waals surface area contributed by atoms with E-state index in [0.29, 0.717) is 11.5 Å². The van der Waals surface area contributed by atoms with Gasteiger partial charge in [0.1, 0.15) is 0 Å². The molecule has 15 heavy (non-hydrogen) atoms. The summed E-state index contributed by atoms with van der Waals surface area (Å²) in [5.41, 5.74) is 3.28. The molecule has 1 aromatic carbocycles. The Hall–Kier alpha value is -0.820.